The third-order valence-corrected chi connectivity index (χ3v) is 10.2. The van der Waals surface area contributed by atoms with Gasteiger partial charge < -0.3 is 4.52 Å². The largest absolute Gasteiger partial charge is 0.347 e. The Morgan fingerprint density at radius 3 is 1.46 bits per heavy atom. The highest BCUT2D eigenvalue weighted by atomic mass is 31.1. The molecule has 0 saturated carbocycles. The number of hydrogen-bond acceptors (Lipinski definition) is 1. The Morgan fingerprint density at radius 1 is 0.615 bits per heavy atom. The lowest BCUT2D eigenvalue weighted by atomic mass is 9.87. The van der Waals surface area contributed by atoms with Gasteiger partial charge >= 0.3 is 0 Å². The van der Waals surface area contributed by atoms with Crippen molar-refractivity contribution in [2.75, 3.05) is 0 Å². The van der Waals surface area contributed by atoms with Gasteiger partial charge in [0.15, 0.2) is 0 Å². The van der Waals surface area contributed by atoms with E-state index in [1.165, 1.54) is 0 Å². The molecule has 0 N–H and O–H groups in total. The van der Waals surface area contributed by atoms with Gasteiger partial charge in [-0.05, 0) is 32.6 Å². The quantitative estimate of drug-likeness (QED) is 0.487. The Morgan fingerprint density at radius 2 is 1.04 bits per heavy atom. The lowest BCUT2D eigenvalue weighted by molar-refractivity contribution is 0.107. The van der Waals surface area contributed by atoms with Gasteiger partial charge in [-0.2, -0.15) is 0 Å². The summed E-state index contributed by atoms with van der Waals surface area (Å²) in [6.07, 6.45) is 27.0. The summed E-state index contributed by atoms with van der Waals surface area (Å²) in [6.45, 7) is 14.0. The fourth-order valence-corrected chi connectivity index (χ4v) is 7.41. The average molecular weight is 369 g/mol. The summed E-state index contributed by atoms with van der Waals surface area (Å²) < 4.78 is 7.17. The van der Waals surface area contributed by atoms with Crippen molar-refractivity contribution in [3.05, 3.63) is 72.9 Å². The van der Waals surface area contributed by atoms with Crippen LogP contribution in [0.25, 0.3) is 0 Å². The standard InChI is InChI=1S/C24H33OP/c1-19-13-7-10-16-22(19,4)25-26(23(5)17-11-8-14-20(23)2)24(6)18-12-9-15-21(24)3/h7-21H,1-6H3. The minimum atomic E-state index is -0.799. The van der Waals surface area contributed by atoms with Crippen LogP contribution in [-0.2, 0) is 4.52 Å². The first-order valence-electron chi connectivity index (χ1n) is 9.80. The Hall–Kier alpha value is -1.17. The molecule has 0 aromatic heterocycles. The van der Waals surface area contributed by atoms with Gasteiger partial charge in [-0.1, -0.05) is 93.7 Å². The normalized spacial score (nSPS) is 45.2. The van der Waals surface area contributed by atoms with Crippen LogP contribution in [0.3, 0.4) is 0 Å². The predicted molar refractivity (Wildman–Crippen MR) is 116 cm³/mol. The molecule has 0 spiro atoms. The summed E-state index contributed by atoms with van der Waals surface area (Å²) in [5.74, 6) is 1.26. The topological polar surface area (TPSA) is 9.23 Å². The first kappa shape index (κ1) is 19.6. The summed E-state index contributed by atoms with van der Waals surface area (Å²) in [5.41, 5.74) is -0.268. The SMILES string of the molecule is CC1C=CC=CC1(C)OP(C1(C)C=CC=CC1C)C1(C)C=CC=CC1C. The zero-order valence-electron chi connectivity index (χ0n) is 17.0. The molecule has 0 saturated heterocycles. The van der Waals surface area contributed by atoms with Gasteiger partial charge in [-0.3, -0.25) is 0 Å². The van der Waals surface area contributed by atoms with E-state index < -0.39 is 8.15 Å². The zero-order chi connectivity index (χ0) is 19.0. The first-order valence-corrected chi connectivity index (χ1v) is 11.1. The molecule has 0 amide bonds. The second-order valence-electron chi connectivity index (χ2n) is 8.62. The monoisotopic (exact) mass is 368 g/mol. The van der Waals surface area contributed by atoms with Crippen LogP contribution in [0, 0.1) is 17.8 Å². The number of rotatable bonds is 4. The molecule has 0 fully saturated rings. The maximum atomic E-state index is 7.17. The average Bonchev–Trinajstić information content (AvgIpc) is 2.61. The van der Waals surface area contributed by atoms with Gasteiger partial charge in [0.25, 0.3) is 0 Å². The molecular weight excluding hydrogens is 335 g/mol. The van der Waals surface area contributed by atoms with Crippen LogP contribution in [0.4, 0.5) is 0 Å². The molecule has 2 heteroatoms. The van der Waals surface area contributed by atoms with Gasteiger partial charge in [0.1, 0.15) is 0 Å². The van der Waals surface area contributed by atoms with E-state index in [0.717, 1.165) is 0 Å². The molecule has 3 aliphatic carbocycles. The van der Waals surface area contributed by atoms with Crippen molar-refractivity contribution in [3.63, 3.8) is 0 Å². The van der Waals surface area contributed by atoms with Gasteiger partial charge in [0.05, 0.1) is 13.7 Å². The van der Waals surface area contributed by atoms with E-state index in [-0.39, 0.29) is 15.9 Å². The smallest absolute Gasteiger partial charge is 0.0940 e. The van der Waals surface area contributed by atoms with E-state index in [1.54, 1.807) is 0 Å². The molecule has 1 nitrogen and oxygen atoms in total. The third-order valence-electron chi connectivity index (χ3n) is 6.74. The van der Waals surface area contributed by atoms with E-state index >= 15 is 0 Å². The van der Waals surface area contributed by atoms with Crippen molar-refractivity contribution >= 4 is 8.15 Å². The predicted octanol–water partition coefficient (Wildman–Crippen LogP) is 6.96. The van der Waals surface area contributed by atoms with Crippen LogP contribution in [0.5, 0.6) is 0 Å². The fraction of sp³-hybridized carbons (Fsp3) is 0.500. The minimum Gasteiger partial charge on any atom is -0.347 e. The van der Waals surface area contributed by atoms with Crippen molar-refractivity contribution in [1.29, 1.82) is 0 Å². The molecule has 0 radical (unpaired) electrons. The second-order valence-corrected chi connectivity index (χ2v) is 11.3. The number of hydrogen-bond donors (Lipinski definition) is 0. The van der Waals surface area contributed by atoms with Gasteiger partial charge in [0, 0.05) is 16.2 Å². The van der Waals surface area contributed by atoms with E-state index in [2.05, 4.69) is 114 Å². The molecule has 3 rings (SSSR count). The highest BCUT2D eigenvalue weighted by molar-refractivity contribution is 7.56. The maximum absolute atomic E-state index is 7.17. The van der Waals surface area contributed by atoms with Crippen LogP contribution in [0.1, 0.15) is 41.5 Å². The van der Waals surface area contributed by atoms with Gasteiger partial charge in [0.2, 0.25) is 0 Å². The molecule has 0 aliphatic heterocycles. The minimum absolute atomic E-state index is 0.000342. The van der Waals surface area contributed by atoms with Crippen LogP contribution >= 0.6 is 8.15 Å². The molecule has 6 atom stereocenters. The molecule has 6 unspecified atom stereocenters. The van der Waals surface area contributed by atoms with Crippen molar-refractivity contribution < 1.29 is 4.52 Å². The lowest BCUT2D eigenvalue weighted by Crippen LogP contribution is -2.45. The Balaban J connectivity index is 2.06. The van der Waals surface area contributed by atoms with Crippen LogP contribution in [-0.4, -0.2) is 15.9 Å². The van der Waals surface area contributed by atoms with E-state index in [4.69, 9.17) is 4.52 Å². The summed E-state index contributed by atoms with van der Waals surface area (Å²) >= 11 is 0. The van der Waals surface area contributed by atoms with Crippen molar-refractivity contribution in [1.82, 2.24) is 0 Å². The fourth-order valence-electron chi connectivity index (χ4n) is 4.01. The molecule has 0 heterocycles. The van der Waals surface area contributed by atoms with Crippen molar-refractivity contribution in [2.24, 2.45) is 17.8 Å². The van der Waals surface area contributed by atoms with Crippen LogP contribution < -0.4 is 0 Å². The van der Waals surface area contributed by atoms with Gasteiger partial charge in [-0.25, -0.2) is 0 Å². The molecule has 0 bridgehead atoms. The molecule has 0 aromatic carbocycles. The molecule has 26 heavy (non-hydrogen) atoms. The maximum Gasteiger partial charge on any atom is 0.0940 e. The highest BCUT2D eigenvalue weighted by Crippen LogP contribution is 2.69. The van der Waals surface area contributed by atoms with Gasteiger partial charge in [-0.15, -0.1) is 0 Å². The first-order chi connectivity index (χ1) is 12.2. The molecular formula is C24H33OP. The zero-order valence-corrected chi connectivity index (χ0v) is 17.9. The number of allylic oxidation sites excluding steroid dienone is 10. The Kier molecular flexibility index (Phi) is 5.35. The van der Waals surface area contributed by atoms with E-state index in [9.17, 15) is 0 Å². The van der Waals surface area contributed by atoms with E-state index in [0.29, 0.717) is 17.8 Å². The second kappa shape index (κ2) is 7.10. The summed E-state index contributed by atoms with van der Waals surface area (Å²) in [6, 6.07) is 0. The Bertz CT molecular complexity index is 672. The van der Waals surface area contributed by atoms with Crippen molar-refractivity contribution in [2.45, 2.75) is 57.5 Å². The highest BCUT2D eigenvalue weighted by Gasteiger charge is 2.52. The summed E-state index contributed by atoms with van der Waals surface area (Å²) in [5, 5.41) is 0.000684. The van der Waals surface area contributed by atoms with E-state index in [1.807, 2.05) is 0 Å². The van der Waals surface area contributed by atoms with Crippen LogP contribution in [0.15, 0.2) is 72.9 Å². The molecule has 0 aromatic rings. The van der Waals surface area contributed by atoms with Crippen molar-refractivity contribution in [3.8, 4) is 0 Å². The molecule has 3 aliphatic rings. The lowest BCUT2D eigenvalue weighted by Gasteiger charge is -2.53. The van der Waals surface area contributed by atoms with Crippen LogP contribution in [0.2, 0.25) is 0 Å². The molecule has 140 valence electrons. The third kappa shape index (κ3) is 3.25. The summed E-state index contributed by atoms with van der Waals surface area (Å²) in [7, 11) is -0.799. The summed E-state index contributed by atoms with van der Waals surface area (Å²) in [4.78, 5) is 0. The Labute approximate surface area is 161 Å².